The fraction of sp³-hybridized carbons (Fsp3) is 0.833. The van der Waals surface area contributed by atoms with Gasteiger partial charge in [-0.2, -0.15) is 0 Å². The Kier molecular flexibility index (Phi) is 5.42. The number of isothiocyanates is 1. The number of thioether (sulfide) groups is 1. The van der Waals surface area contributed by atoms with Gasteiger partial charge in [-0.15, -0.1) is 0 Å². The average Bonchev–Trinajstić information content (AvgIpc) is 2.67. The molecule has 2 bridgehead atoms. The fourth-order valence-corrected chi connectivity index (χ4v) is 3.94. The highest BCUT2D eigenvalue weighted by atomic mass is 32.2. The Labute approximate surface area is 118 Å². The average molecular weight is 286 g/mol. The summed E-state index contributed by atoms with van der Waals surface area (Å²) in [5.41, 5.74) is 0. The molecule has 0 atom stereocenters. The molecule has 2 heterocycles. The van der Waals surface area contributed by atoms with Gasteiger partial charge in [0.05, 0.1) is 11.7 Å². The molecule has 1 saturated carbocycles. The summed E-state index contributed by atoms with van der Waals surface area (Å²) < 4.78 is 1.06. The van der Waals surface area contributed by atoms with Crippen LogP contribution >= 0.6 is 36.2 Å². The Hall–Kier alpha value is 0.0400. The van der Waals surface area contributed by atoms with Crippen LogP contribution < -0.4 is 0 Å². The van der Waals surface area contributed by atoms with Crippen LogP contribution in [-0.2, 0) is 0 Å². The number of aliphatic imine (C=N–C) groups is 1. The molecule has 0 aromatic rings. The lowest BCUT2D eigenvalue weighted by molar-refractivity contribution is 0.326. The summed E-state index contributed by atoms with van der Waals surface area (Å²) in [6, 6.07) is 0. The zero-order valence-corrected chi connectivity index (χ0v) is 12.4. The van der Waals surface area contributed by atoms with Crippen LogP contribution in [0.4, 0.5) is 0 Å². The predicted octanol–water partition coefficient (Wildman–Crippen LogP) is 3.23. The van der Waals surface area contributed by atoms with E-state index in [1.165, 1.54) is 38.8 Å². The molecule has 2 aliphatic heterocycles. The van der Waals surface area contributed by atoms with E-state index in [-0.39, 0.29) is 0 Å². The third-order valence-electron chi connectivity index (χ3n) is 3.67. The maximum Gasteiger partial charge on any atom is 0.136 e. The van der Waals surface area contributed by atoms with Crippen molar-refractivity contribution in [1.82, 2.24) is 4.90 Å². The molecule has 0 spiro atoms. The summed E-state index contributed by atoms with van der Waals surface area (Å²) in [7, 11) is 0. The zero-order valence-electron chi connectivity index (χ0n) is 9.93. The van der Waals surface area contributed by atoms with E-state index in [9.17, 15) is 0 Å². The Morgan fingerprint density at radius 2 is 1.82 bits per heavy atom. The van der Waals surface area contributed by atoms with Crippen LogP contribution in [0, 0.1) is 11.8 Å². The molecule has 94 valence electrons. The second-order valence-electron chi connectivity index (χ2n) is 4.88. The molecule has 0 N–H and O–H groups in total. The zero-order chi connectivity index (χ0) is 12.1. The SMILES string of the molecule is S=C=NCCSC(=S)N1CC2CCC(CC2)C1. The van der Waals surface area contributed by atoms with Crippen molar-refractivity contribution in [3.63, 3.8) is 0 Å². The van der Waals surface area contributed by atoms with Gasteiger partial charge in [-0.05, 0) is 49.7 Å². The number of fused-ring (bicyclic) bond motifs is 4. The predicted molar refractivity (Wildman–Crippen MR) is 82.0 cm³/mol. The van der Waals surface area contributed by atoms with Gasteiger partial charge in [0.25, 0.3) is 0 Å². The summed E-state index contributed by atoms with van der Waals surface area (Å²) in [6.07, 6.45) is 5.63. The van der Waals surface area contributed by atoms with Gasteiger partial charge in [0, 0.05) is 18.8 Å². The van der Waals surface area contributed by atoms with Crippen molar-refractivity contribution in [3.05, 3.63) is 0 Å². The molecular formula is C12H18N2S3. The number of rotatable bonds is 3. The lowest BCUT2D eigenvalue weighted by atomic mass is 9.84. The molecule has 3 aliphatic rings. The van der Waals surface area contributed by atoms with E-state index in [1.54, 1.807) is 11.8 Å². The second-order valence-corrected chi connectivity index (χ2v) is 6.79. The summed E-state index contributed by atoms with van der Waals surface area (Å²) in [6.45, 7) is 3.09. The van der Waals surface area contributed by atoms with Crippen molar-refractivity contribution >= 4 is 45.7 Å². The molecule has 3 rings (SSSR count). The number of thiocarbonyl (C=S) groups is 2. The Bertz CT molecular complexity index is 304. The molecule has 0 unspecified atom stereocenters. The van der Waals surface area contributed by atoms with Crippen molar-refractivity contribution in [2.24, 2.45) is 16.8 Å². The molecule has 2 saturated heterocycles. The maximum atomic E-state index is 5.52. The second kappa shape index (κ2) is 6.83. The third-order valence-corrected chi connectivity index (χ3v) is 5.31. The number of hydrogen-bond donors (Lipinski definition) is 0. The fourth-order valence-electron chi connectivity index (χ4n) is 2.76. The first-order valence-electron chi connectivity index (χ1n) is 6.25. The maximum absolute atomic E-state index is 5.52. The first-order valence-corrected chi connectivity index (χ1v) is 8.05. The highest BCUT2D eigenvalue weighted by Gasteiger charge is 2.30. The van der Waals surface area contributed by atoms with Gasteiger partial charge in [-0.25, -0.2) is 4.99 Å². The quantitative estimate of drug-likeness (QED) is 0.449. The minimum Gasteiger partial charge on any atom is -0.357 e. The van der Waals surface area contributed by atoms with Gasteiger partial charge in [-0.3, -0.25) is 0 Å². The van der Waals surface area contributed by atoms with Crippen molar-refractivity contribution < 1.29 is 0 Å². The smallest absolute Gasteiger partial charge is 0.136 e. The number of nitrogens with zero attached hydrogens (tertiary/aromatic N) is 2. The molecule has 0 amide bonds. The summed E-state index contributed by atoms with van der Waals surface area (Å²) in [4.78, 5) is 6.34. The largest absolute Gasteiger partial charge is 0.357 e. The molecule has 0 radical (unpaired) electrons. The highest BCUT2D eigenvalue weighted by molar-refractivity contribution is 8.22. The van der Waals surface area contributed by atoms with Gasteiger partial charge in [0.15, 0.2) is 0 Å². The molecule has 3 fully saturated rings. The molecule has 1 aliphatic carbocycles. The molecule has 17 heavy (non-hydrogen) atoms. The Morgan fingerprint density at radius 3 is 2.35 bits per heavy atom. The van der Waals surface area contributed by atoms with Crippen LogP contribution in [0.2, 0.25) is 0 Å². The van der Waals surface area contributed by atoms with Gasteiger partial charge in [0.1, 0.15) is 4.32 Å². The van der Waals surface area contributed by atoms with Crippen LogP contribution in [-0.4, -0.2) is 39.8 Å². The van der Waals surface area contributed by atoms with Crippen molar-refractivity contribution in [3.8, 4) is 0 Å². The minimum atomic E-state index is 0.731. The van der Waals surface area contributed by atoms with E-state index in [1.807, 2.05) is 0 Å². The van der Waals surface area contributed by atoms with Crippen LogP contribution in [0.25, 0.3) is 0 Å². The lowest BCUT2D eigenvalue weighted by Crippen LogP contribution is -2.32. The highest BCUT2D eigenvalue weighted by Crippen LogP contribution is 2.34. The monoisotopic (exact) mass is 286 g/mol. The van der Waals surface area contributed by atoms with Crippen molar-refractivity contribution in [2.45, 2.75) is 25.7 Å². The van der Waals surface area contributed by atoms with Gasteiger partial charge < -0.3 is 4.90 Å². The normalized spacial score (nSPS) is 27.4. The van der Waals surface area contributed by atoms with Crippen LogP contribution in [0.1, 0.15) is 25.7 Å². The first-order chi connectivity index (χ1) is 8.29. The van der Waals surface area contributed by atoms with Crippen molar-refractivity contribution in [2.75, 3.05) is 25.4 Å². The Balaban J connectivity index is 1.80. The van der Waals surface area contributed by atoms with Crippen LogP contribution in [0.3, 0.4) is 0 Å². The summed E-state index contributed by atoms with van der Waals surface area (Å²) >= 11 is 11.8. The topological polar surface area (TPSA) is 15.6 Å². The van der Waals surface area contributed by atoms with Crippen molar-refractivity contribution in [1.29, 1.82) is 0 Å². The molecular weight excluding hydrogens is 268 g/mol. The third kappa shape index (κ3) is 4.02. The van der Waals surface area contributed by atoms with E-state index >= 15 is 0 Å². The van der Waals surface area contributed by atoms with E-state index in [4.69, 9.17) is 12.2 Å². The molecule has 2 nitrogen and oxygen atoms in total. The molecule has 0 aromatic carbocycles. The van der Waals surface area contributed by atoms with E-state index in [0.29, 0.717) is 0 Å². The molecule has 5 heteroatoms. The first kappa shape index (κ1) is 13.5. The van der Waals surface area contributed by atoms with E-state index in [0.717, 1.165) is 28.5 Å². The van der Waals surface area contributed by atoms with Gasteiger partial charge in [0.2, 0.25) is 0 Å². The van der Waals surface area contributed by atoms with Crippen LogP contribution in [0.15, 0.2) is 4.99 Å². The lowest BCUT2D eigenvalue weighted by Gasteiger charge is -2.24. The van der Waals surface area contributed by atoms with Crippen LogP contribution in [0.5, 0.6) is 0 Å². The summed E-state index contributed by atoms with van der Waals surface area (Å²) in [5.74, 6) is 2.69. The standard InChI is InChI=1S/C12H18N2S3/c15-9-13-5-6-17-12(16)14-7-10-1-2-11(8-14)4-3-10/h10-11H,1-8H2. The van der Waals surface area contributed by atoms with Gasteiger partial charge >= 0.3 is 0 Å². The Morgan fingerprint density at radius 1 is 1.24 bits per heavy atom. The van der Waals surface area contributed by atoms with E-state index < -0.39 is 0 Å². The number of hydrogen-bond acceptors (Lipinski definition) is 4. The minimum absolute atomic E-state index is 0.731. The van der Waals surface area contributed by atoms with Gasteiger partial charge in [-0.1, -0.05) is 24.0 Å². The summed E-state index contributed by atoms with van der Waals surface area (Å²) in [5, 5.41) is 2.39. The van der Waals surface area contributed by atoms with E-state index in [2.05, 4.69) is 27.3 Å². The molecule has 0 aromatic heterocycles.